The zero-order valence-corrected chi connectivity index (χ0v) is 12.0. The monoisotopic (exact) mass is 298 g/mol. The first-order valence-electron chi connectivity index (χ1n) is 5.67. The van der Waals surface area contributed by atoms with Crippen molar-refractivity contribution < 1.29 is 4.79 Å². The van der Waals surface area contributed by atoms with Crippen molar-refractivity contribution in [2.24, 2.45) is 11.7 Å². The normalized spacial score (nSPS) is 14.6. The molecule has 0 aliphatic heterocycles. The van der Waals surface area contributed by atoms with Crippen molar-refractivity contribution in [3.05, 3.63) is 34.3 Å². The molecule has 3 N–H and O–H groups in total. The van der Waals surface area contributed by atoms with E-state index in [9.17, 15) is 4.79 Å². The lowest BCUT2D eigenvalue weighted by Crippen LogP contribution is -2.51. The smallest absolute Gasteiger partial charge is 0.242 e. The number of halogens is 1. The zero-order chi connectivity index (χ0) is 13.1. The van der Waals surface area contributed by atoms with E-state index >= 15 is 0 Å². The van der Waals surface area contributed by atoms with Crippen LogP contribution in [-0.4, -0.2) is 12.5 Å². The van der Waals surface area contributed by atoms with Crippen molar-refractivity contribution in [1.82, 2.24) is 5.32 Å². The van der Waals surface area contributed by atoms with Gasteiger partial charge in [-0.25, -0.2) is 0 Å². The van der Waals surface area contributed by atoms with E-state index in [1.54, 1.807) is 0 Å². The van der Waals surface area contributed by atoms with E-state index in [0.29, 0.717) is 5.92 Å². The molecular formula is C13H19BrN2O. The molecule has 1 aromatic rings. The number of benzene rings is 1. The van der Waals surface area contributed by atoms with Crippen molar-refractivity contribution in [2.45, 2.75) is 26.3 Å². The third-order valence-corrected chi connectivity index (χ3v) is 3.25. The summed E-state index contributed by atoms with van der Waals surface area (Å²) >= 11 is 3.40. The Kier molecular flexibility index (Phi) is 4.71. The molecule has 17 heavy (non-hydrogen) atoms. The van der Waals surface area contributed by atoms with E-state index in [4.69, 9.17) is 5.73 Å². The molecule has 94 valence electrons. The summed E-state index contributed by atoms with van der Waals surface area (Å²) in [4.78, 5) is 11.7. The minimum Gasteiger partial charge on any atom is -0.368 e. The number of carbonyl (C=O) groups is 1. The van der Waals surface area contributed by atoms with Crippen LogP contribution in [0.15, 0.2) is 28.7 Å². The van der Waals surface area contributed by atoms with Crippen LogP contribution in [0.2, 0.25) is 0 Å². The molecule has 0 radical (unpaired) electrons. The van der Waals surface area contributed by atoms with E-state index in [1.807, 2.05) is 31.2 Å². The van der Waals surface area contributed by atoms with Gasteiger partial charge in [0.25, 0.3) is 0 Å². The van der Waals surface area contributed by atoms with Crippen molar-refractivity contribution in [1.29, 1.82) is 0 Å². The van der Waals surface area contributed by atoms with Crippen LogP contribution >= 0.6 is 15.9 Å². The van der Waals surface area contributed by atoms with Gasteiger partial charge in [-0.2, -0.15) is 0 Å². The van der Waals surface area contributed by atoms with Gasteiger partial charge in [0.15, 0.2) is 0 Å². The van der Waals surface area contributed by atoms with Gasteiger partial charge >= 0.3 is 0 Å². The number of primary amides is 1. The number of nitrogens with one attached hydrogen (secondary N) is 1. The van der Waals surface area contributed by atoms with Crippen molar-refractivity contribution in [3.63, 3.8) is 0 Å². The van der Waals surface area contributed by atoms with Crippen LogP contribution in [0.4, 0.5) is 0 Å². The quantitative estimate of drug-likeness (QED) is 0.877. The van der Waals surface area contributed by atoms with Gasteiger partial charge in [0.1, 0.15) is 5.54 Å². The van der Waals surface area contributed by atoms with Gasteiger partial charge in [0, 0.05) is 4.47 Å². The Morgan fingerprint density at radius 3 is 2.65 bits per heavy atom. The van der Waals surface area contributed by atoms with Gasteiger partial charge in [0.2, 0.25) is 5.91 Å². The number of rotatable bonds is 5. The number of hydrogen-bond donors (Lipinski definition) is 2. The largest absolute Gasteiger partial charge is 0.368 e. The van der Waals surface area contributed by atoms with Gasteiger partial charge < -0.3 is 5.73 Å². The Balaban J connectivity index is 3.03. The molecule has 1 aromatic carbocycles. The van der Waals surface area contributed by atoms with Gasteiger partial charge in [-0.15, -0.1) is 0 Å². The molecular weight excluding hydrogens is 280 g/mol. The Bertz CT molecular complexity index is 406. The molecule has 1 rings (SSSR count). The predicted octanol–water partition coefficient (Wildman–Crippen LogP) is 2.40. The molecule has 3 nitrogen and oxygen atoms in total. The fourth-order valence-electron chi connectivity index (χ4n) is 1.54. The first-order chi connectivity index (χ1) is 7.86. The average molecular weight is 299 g/mol. The molecule has 1 atom stereocenters. The standard InChI is InChI=1S/C13H19BrN2O/c1-9(2)8-16-13(3,12(15)17)10-5-4-6-11(14)7-10/h4-7,9,16H,8H2,1-3H3,(H2,15,17). The Morgan fingerprint density at radius 1 is 1.53 bits per heavy atom. The molecule has 0 bridgehead atoms. The van der Waals surface area contributed by atoms with Crippen molar-refractivity contribution in [2.75, 3.05) is 6.54 Å². The third-order valence-electron chi connectivity index (χ3n) is 2.76. The molecule has 0 aliphatic rings. The average Bonchev–Trinajstić information content (AvgIpc) is 2.25. The SMILES string of the molecule is CC(C)CNC(C)(C(N)=O)c1cccc(Br)c1. The van der Waals surface area contributed by atoms with Crippen LogP contribution in [0.1, 0.15) is 26.3 Å². The van der Waals surface area contributed by atoms with Crippen molar-refractivity contribution in [3.8, 4) is 0 Å². The Labute approximate surface area is 111 Å². The third kappa shape index (κ3) is 3.54. The highest BCUT2D eigenvalue weighted by Gasteiger charge is 2.32. The van der Waals surface area contributed by atoms with Crippen LogP contribution in [0.5, 0.6) is 0 Å². The van der Waals surface area contributed by atoms with Crippen LogP contribution in [0.3, 0.4) is 0 Å². The molecule has 0 saturated carbocycles. The van der Waals surface area contributed by atoms with E-state index in [1.165, 1.54) is 0 Å². The minimum absolute atomic E-state index is 0.365. The molecule has 0 aliphatic carbocycles. The second kappa shape index (κ2) is 5.65. The second-order valence-corrected chi connectivity index (χ2v) is 5.69. The summed E-state index contributed by atoms with van der Waals surface area (Å²) in [5, 5.41) is 3.24. The summed E-state index contributed by atoms with van der Waals surface area (Å²) in [6, 6.07) is 7.64. The van der Waals surface area contributed by atoms with E-state index in [-0.39, 0.29) is 5.91 Å². The summed E-state index contributed by atoms with van der Waals surface area (Å²) in [5.74, 6) is 0.0945. The maximum atomic E-state index is 11.7. The molecule has 1 unspecified atom stereocenters. The lowest BCUT2D eigenvalue weighted by atomic mass is 9.90. The lowest BCUT2D eigenvalue weighted by Gasteiger charge is -2.29. The van der Waals surface area contributed by atoms with Crippen LogP contribution < -0.4 is 11.1 Å². The van der Waals surface area contributed by atoms with Crippen molar-refractivity contribution >= 4 is 21.8 Å². The van der Waals surface area contributed by atoms with Gasteiger partial charge in [-0.3, -0.25) is 10.1 Å². The van der Waals surface area contributed by atoms with Gasteiger partial charge in [-0.05, 0) is 37.1 Å². The highest BCUT2D eigenvalue weighted by molar-refractivity contribution is 9.10. The number of nitrogens with two attached hydrogens (primary N) is 1. The molecule has 0 fully saturated rings. The maximum absolute atomic E-state index is 11.7. The lowest BCUT2D eigenvalue weighted by molar-refractivity contribution is -0.124. The maximum Gasteiger partial charge on any atom is 0.242 e. The van der Waals surface area contributed by atoms with Crippen LogP contribution in [0, 0.1) is 5.92 Å². The summed E-state index contributed by atoms with van der Waals surface area (Å²) in [6.07, 6.45) is 0. The molecule has 4 heteroatoms. The number of carbonyl (C=O) groups excluding carboxylic acids is 1. The predicted molar refractivity (Wildman–Crippen MR) is 73.5 cm³/mol. The first kappa shape index (κ1) is 14.2. The van der Waals surface area contributed by atoms with E-state index in [0.717, 1.165) is 16.6 Å². The van der Waals surface area contributed by atoms with Gasteiger partial charge in [-0.1, -0.05) is 41.9 Å². The highest BCUT2D eigenvalue weighted by Crippen LogP contribution is 2.23. The second-order valence-electron chi connectivity index (χ2n) is 4.77. The molecule has 0 spiro atoms. The number of hydrogen-bond acceptors (Lipinski definition) is 2. The molecule has 0 aromatic heterocycles. The number of amides is 1. The fraction of sp³-hybridized carbons (Fsp3) is 0.462. The Morgan fingerprint density at radius 2 is 2.18 bits per heavy atom. The summed E-state index contributed by atoms with van der Waals surface area (Å²) in [5.41, 5.74) is 5.57. The minimum atomic E-state index is -0.825. The van der Waals surface area contributed by atoms with E-state index in [2.05, 4.69) is 35.1 Å². The summed E-state index contributed by atoms with van der Waals surface area (Å²) in [7, 11) is 0. The zero-order valence-electron chi connectivity index (χ0n) is 10.5. The molecule has 0 saturated heterocycles. The summed E-state index contributed by atoms with van der Waals surface area (Å²) < 4.78 is 0.939. The van der Waals surface area contributed by atoms with Crippen LogP contribution in [0.25, 0.3) is 0 Å². The first-order valence-corrected chi connectivity index (χ1v) is 6.46. The fourth-order valence-corrected chi connectivity index (χ4v) is 1.94. The molecule has 0 heterocycles. The van der Waals surface area contributed by atoms with Gasteiger partial charge in [0.05, 0.1) is 0 Å². The molecule has 1 amide bonds. The summed E-state index contributed by atoms with van der Waals surface area (Å²) in [6.45, 7) is 6.75. The Hall–Kier alpha value is -0.870. The topological polar surface area (TPSA) is 55.1 Å². The van der Waals surface area contributed by atoms with Crippen LogP contribution in [-0.2, 0) is 10.3 Å². The highest BCUT2D eigenvalue weighted by atomic mass is 79.9. The van der Waals surface area contributed by atoms with E-state index < -0.39 is 5.54 Å².